The van der Waals surface area contributed by atoms with Crippen LogP contribution in [0.3, 0.4) is 0 Å². The molecule has 106 valence electrons. The number of nitrogens with zero attached hydrogens (tertiary/aromatic N) is 3. The zero-order chi connectivity index (χ0) is 13.9. The van der Waals surface area contributed by atoms with Crippen LogP contribution in [0.5, 0.6) is 0 Å². The van der Waals surface area contributed by atoms with Crippen LogP contribution in [-0.4, -0.2) is 26.5 Å². The fraction of sp³-hybridized carbons (Fsp3) is 0.500. The first-order valence-electron chi connectivity index (χ1n) is 7.00. The smallest absolute Gasteiger partial charge is 0.137 e. The Morgan fingerprint density at radius 3 is 2.95 bits per heavy atom. The molecule has 6 heteroatoms. The molecule has 5 nitrogen and oxygen atoms in total. The number of halogens is 1. The largest absolute Gasteiger partial charge is 0.370 e. The number of nitrogens with one attached hydrogen (secondary N) is 2. The van der Waals surface area contributed by atoms with Crippen molar-refractivity contribution in [1.29, 1.82) is 0 Å². The molecule has 3 rings (SSSR count). The number of H-pyrrole nitrogens is 1. The summed E-state index contributed by atoms with van der Waals surface area (Å²) < 4.78 is 0. The maximum Gasteiger partial charge on any atom is 0.137 e. The van der Waals surface area contributed by atoms with Crippen molar-refractivity contribution in [2.45, 2.75) is 38.5 Å². The SMILES string of the molecule is Cc1c(Cl)nc(C2CC2)nc1NCCCc1ncc[nH]1. The summed E-state index contributed by atoms with van der Waals surface area (Å²) in [4.78, 5) is 16.3. The molecule has 2 aromatic rings. The van der Waals surface area contributed by atoms with Crippen LogP contribution in [0.1, 0.15) is 42.4 Å². The first kappa shape index (κ1) is 13.4. The molecule has 0 aliphatic heterocycles. The van der Waals surface area contributed by atoms with Crippen molar-refractivity contribution in [3.8, 4) is 0 Å². The standard InChI is InChI=1S/C14H18ClN5/c1-9-12(15)19-14(10-4-5-10)20-13(9)18-6-2-3-11-16-7-8-17-11/h7-8,10H,2-6H2,1H3,(H,16,17)(H,18,19,20). The molecular weight excluding hydrogens is 274 g/mol. The molecule has 0 aromatic carbocycles. The lowest BCUT2D eigenvalue weighted by molar-refractivity contribution is 0.809. The number of hydrogen-bond donors (Lipinski definition) is 2. The highest BCUT2D eigenvalue weighted by Crippen LogP contribution is 2.39. The number of aryl methyl sites for hydroxylation is 1. The van der Waals surface area contributed by atoms with Crippen LogP contribution in [0.25, 0.3) is 0 Å². The Hall–Kier alpha value is -1.62. The molecule has 0 bridgehead atoms. The molecule has 1 aliphatic rings. The highest BCUT2D eigenvalue weighted by molar-refractivity contribution is 6.30. The van der Waals surface area contributed by atoms with Crippen LogP contribution in [0, 0.1) is 6.92 Å². The molecular formula is C14H18ClN5. The van der Waals surface area contributed by atoms with E-state index in [1.807, 2.05) is 13.1 Å². The van der Waals surface area contributed by atoms with E-state index in [0.717, 1.165) is 42.4 Å². The van der Waals surface area contributed by atoms with E-state index in [1.165, 1.54) is 12.8 Å². The van der Waals surface area contributed by atoms with Crippen molar-refractivity contribution in [3.05, 3.63) is 34.8 Å². The van der Waals surface area contributed by atoms with Crippen LogP contribution < -0.4 is 5.32 Å². The summed E-state index contributed by atoms with van der Waals surface area (Å²) in [6.45, 7) is 2.80. The van der Waals surface area contributed by atoms with Gasteiger partial charge in [-0.05, 0) is 26.2 Å². The fourth-order valence-electron chi connectivity index (χ4n) is 2.10. The Labute approximate surface area is 123 Å². The molecule has 2 aromatic heterocycles. The summed E-state index contributed by atoms with van der Waals surface area (Å²) in [5.41, 5.74) is 0.925. The first-order valence-corrected chi connectivity index (χ1v) is 7.38. The van der Waals surface area contributed by atoms with Crippen LogP contribution >= 0.6 is 11.6 Å². The lowest BCUT2D eigenvalue weighted by Gasteiger charge is -2.11. The summed E-state index contributed by atoms with van der Waals surface area (Å²) in [5, 5.41) is 3.93. The molecule has 0 unspecified atom stereocenters. The number of aromatic amines is 1. The van der Waals surface area contributed by atoms with Crippen LogP contribution in [0.4, 0.5) is 5.82 Å². The predicted octanol–water partition coefficient (Wildman–Crippen LogP) is 3.08. The zero-order valence-corrected chi connectivity index (χ0v) is 12.2. The second-order valence-electron chi connectivity index (χ2n) is 5.19. The summed E-state index contributed by atoms with van der Waals surface area (Å²) in [7, 11) is 0. The molecule has 0 saturated heterocycles. The molecule has 0 radical (unpaired) electrons. The van der Waals surface area contributed by atoms with Crippen molar-refractivity contribution in [2.24, 2.45) is 0 Å². The van der Waals surface area contributed by atoms with Gasteiger partial charge in [-0.1, -0.05) is 11.6 Å². The maximum atomic E-state index is 6.18. The molecule has 1 fully saturated rings. The molecule has 0 amide bonds. The molecule has 2 N–H and O–H groups in total. The number of imidazole rings is 1. The van der Waals surface area contributed by atoms with Crippen molar-refractivity contribution in [1.82, 2.24) is 19.9 Å². The predicted molar refractivity (Wildman–Crippen MR) is 79.2 cm³/mol. The lowest BCUT2D eigenvalue weighted by atomic mass is 10.2. The number of rotatable bonds is 6. The lowest BCUT2D eigenvalue weighted by Crippen LogP contribution is -2.09. The minimum atomic E-state index is 0.511. The van der Waals surface area contributed by atoms with Crippen molar-refractivity contribution in [3.63, 3.8) is 0 Å². The van der Waals surface area contributed by atoms with Crippen molar-refractivity contribution < 1.29 is 0 Å². The number of aromatic nitrogens is 4. The zero-order valence-electron chi connectivity index (χ0n) is 11.5. The van der Waals surface area contributed by atoms with Crippen molar-refractivity contribution >= 4 is 17.4 Å². The van der Waals surface area contributed by atoms with E-state index >= 15 is 0 Å². The molecule has 20 heavy (non-hydrogen) atoms. The van der Waals surface area contributed by atoms with Gasteiger partial charge in [0, 0.05) is 36.8 Å². The number of anilines is 1. The van der Waals surface area contributed by atoms with Crippen LogP contribution in [-0.2, 0) is 6.42 Å². The van der Waals surface area contributed by atoms with E-state index in [0.29, 0.717) is 11.1 Å². The average molecular weight is 292 g/mol. The van der Waals surface area contributed by atoms with E-state index in [9.17, 15) is 0 Å². The quantitative estimate of drug-likeness (QED) is 0.634. The van der Waals surface area contributed by atoms with Gasteiger partial charge in [0.05, 0.1) is 0 Å². The van der Waals surface area contributed by atoms with Gasteiger partial charge in [-0.3, -0.25) is 0 Å². The summed E-state index contributed by atoms with van der Waals surface area (Å²) in [6, 6.07) is 0. The Morgan fingerprint density at radius 2 is 2.25 bits per heavy atom. The third-order valence-corrected chi connectivity index (χ3v) is 3.85. The van der Waals surface area contributed by atoms with Gasteiger partial charge in [0.1, 0.15) is 22.6 Å². The topological polar surface area (TPSA) is 66.5 Å². The van der Waals surface area contributed by atoms with Gasteiger partial charge in [0.2, 0.25) is 0 Å². The average Bonchev–Trinajstić information content (AvgIpc) is 3.16. The highest BCUT2D eigenvalue weighted by atomic mass is 35.5. The molecule has 0 spiro atoms. The van der Waals surface area contributed by atoms with E-state index in [2.05, 4.69) is 25.3 Å². The summed E-state index contributed by atoms with van der Waals surface area (Å²) >= 11 is 6.18. The molecule has 2 heterocycles. The second-order valence-corrected chi connectivity index (χ2v) is 5.54. The molecule has 1 saturated carbocycles. The maximum absolute atomic E-state index is 6.18. The van der Waals surface area contributed by atoms with E-state index in [1.54, 1.807) is 6.20 Å². The van der Waals surface area contributed by atoms with Crippen LogP contribution in [0.15, 0.2) is 12.4 Å². The van der Waals surface area contributed by atoms with E-state index in [4.69, 9.17) is 11.6 Å². The fourth-order valence-corrected chi connectivity index (χ4v) is 2.28. The van der Waals surface area contributed by atoms with Gasteiger partial charge in [-0.15, -0.1) is 0 Å². The minimum absolute atomic E-state index is 0.511. The minimum Gasteiger partial charge on any atom is -0.370 e. The van der Waals surface area contributed by atoms with Gasteiger partial charge in [-0.25, -0.2) is 15.0 Å². The third-order valence-electron chi connectivity index (χ3n) is 3.48. The summed E-state index contributed by atoms with van der Waals surface area (Å²) in [6.07, 6.45) is 7.90. The van der Waals surface area contributed by atoms with E-state index in [-0.39, 0.29) is 0 Å². The molecule has 1 aliphatic carbocycles. The van der Waals surface area contributed by atoms with E-state index < -0.39 is 0 Å². The highest BCUT2D eigenvalue weighted by Gasteiger charge is 2.27. The van der Waals surface area contributed by atoms with Gasteiger partial charge in [0.15, 0.2) is 0 Å². The molecule has 0 atom stereocenters. The third kappa shape index (κ3) is 3.10. The Balaban J connectivity index is 1.58. The summed E-state index contributed by atoms with van der Waals surface area (Å²) in [5.74, 6) is 3.28. The number of hydrogen-bond acceptors (Lipinski definition) is 4. The van der Waals surface area contributed by atoms with Gasteiger partial charge >= 0.3 is 0 Å². The van der Waals surface area contributed by atoms with Gasteiger partial charge in [0.25, 0.3) is 0 Å². The Kier molecular flexibility index (Phi) is 3.87. The van der Waals surface area contributed by atoms with Crippen LogP contribution in [0.2, 0.25) is 5.15 Å². The monoisotopic (exact) mass is 291 g/mol. The van der Waals surface area contributed by atoms with Crippen molar-refractivity contribution in [2.75, 3.05) is 11.9 Å². The normalized spacial score (nSPS) is 14.5. The van der Waals surface area contributed by atoms with Gasteiger partial charge < -0.3 is 10.3 Å². The Morgan fingerprint density at radius 1 is 1.40 bits per heavy atom. The first-order chi connectivity index (χ1) is 9.74. The second kappa shape index (κ2) is 5.79. The Bertz CT molecular complexity index is 578. The van der Waals surface area contributed by atoms with Gasteiger partial charge in [-0.2, -0.15) is 0 Å².